The van der Waals surface area contributed by atoms with E-state index in [-0.39, 0.29) is 17.6 Å². The highest BCUT2D eigenvalue weighted by Crippen LogP contribution is 2.30. The van der Waals surface area contributed by atoms with Gasteiger partial charge in [-0.15, -0.1) is 11.3 Å². The zero-order chi connectivity index (χ0) is 14.1. The van der Waals surface area contributed by atoms with Gasteiger partial charge in [0.1, 0.15) is 5.00 Å². The van der Waals surface area contributed by atoms with Gasteiger partial charge in [-0.2, -0.15) is 0 Å². The second kappa shape index (κ2) is 5.41. The zero-order valence-electron chi connectivity index (χ0n) is 11.0. The predicted octanol–water partition coefficient (Wildman–Crippen LogP) is 1.80. The van der Waals surface area contributed by atoms with Gasteiger partial charge in [0, 0.05) is 25.2 Å². The maximum absolute atomic E-state index is 11.9. The Labute approximate surface area is 120 Å². The van der Waals surface area contributed by atoms with E-state index in [1.54, 1.807) is 5.38 Å². The number of aromatic carboxylic acids is 1. The molecule has 2 amide bonds. The van der Waals surface area contributed by atoms with Crippen LogP contribution < -0.4 is 10.6 Å². The minimum Gasteiger partial charge on any atom is -0.478 e. The first kappa shape index (κ1) is 13.4. The molecule has 1 saturated carbocycles. The minimum absolute atomic E-state index is 0.135. The van der Waals surface area contributed by atoms with Crippen molar-refractivity contribution in [1.29, 1.82) is 0 Å². The lowest BCUT2D eigenvalue weighted by Crippen LogP contribution is -2.40. The summed E-state index contributed by atoms with van der Waals surface area (Å²) < 4.78 is 0. The fraction of sp³-hybridized carbons (Fsp3) is 0.538. The van der Waals surface area contributed by atoms with Crippen LogP contribution in [0.15, 0.2) is 11.4 Å². The maximum Gasteiger partial charge on any atom is 0.338 e. The van der Waals surface area contributed by atoms with Crippen molar-refractivity contribution in [3.63, 3.8) is 0 Å². The molecule has 3 N–H and O–H groups in total. The summed E-state index contributed by atoms with van der Waals surface area (Å²) in [6.45, 7) is 1.93. The molecule has 1 aliphatic heterocycles. The number of nitrogens with zero attached hydrogens (tertiary/aromatic N) is 1. The van der Waals surface area contributed by atoms with Gasteiger partial charge in [-0.3, -0.25) is 10.2 Å². The normalized spacial score (nSPS) is 22.7. The van der Waals surface area contributed by atoms with Crippen molar-refractivity contribution in [1.82, 2.24) is 10.2 Å². The summed E-state index contributed by atoms with van der Waals surface area (Å²) in [6, 6.07) is 2.05. The molecule has 1 aliphatic carbocycles. The Hall–Kier alpha value is -1.60. The molecule has 0 bridgehead atoms. The van der Waals surface area contributed by atoms with Gasteiger partial charge in [0.25, 0.3) is 0 Å². The number of urea groups is 1. The van der Waals surface area contributed by atoms with Gasteiger partial charge in [0.05, 0.1) is 5.56 Å². The van der Waals surface area contributed by atoms with Crippen molar-refractivity contribution in [3.05, 3.63) is 17.0 Å². The van der Waals surface area contributed by atoms with E-state index in [2.05, 4.69) is 15.5 Å². The summed E-state index contributed by atoms with van der Waals surface area (Å²) in [5.41, 5.74) is 0.135. The third-order valence-electron chi connectivity index (χ3n) is 3.74. The van der Waals surface area contributed by atoms with Gasteiger partial charge < -0.3 is 10.4 Å². The average molecular weight is 295 g/mol. The van der Waals surface area contributed by atoms with Crippen LogP contribution >= 0.6 is 11.3 Å². The number of likely N-dealkylation sites (tertiary alicyclic amines) is 1. The van der Waals surface area contributed by atoms with Crippen LogP contribution in [0.4, 0.5) is 9.80 Å². The standard InChI is InChI=1S/C13H17N3O3S/c17-12(18)10-4-6-20-11(10)15-13(19)14-8-3-5-16(7-8)9-1-2-9/h4,6,8-9H,1-3,5,7H2,(H,17,18)(H2,14,15,19). The van der Waals surface area contributed by atoms with Crippen molar-refractivity contribution >= 4 is 28.3 Å². The Morgan fingerprint density at radius 1 is 1.35 bits per heavy atom. The van der Waals surface area contributed by atoms with Gasteiger partial charge in [0.15, 0.2) is 0 Å². The molecule has 2 aliphatic rings. The number of amides is 2. The topological polar surface area (TPSA) is 81.7 Å². The number of nitrogens with one attached hydrogen (secondary N) is 2. The quantitative estimate of drug-likeness (QED) is 0.791. The zero-order valence-corrected chi connectivity index (χ0v) is 11.8. The molecule has 1 aromatic heterocycles. The van der Waals surface area contributed by atoms with Gasteiger partial charge in [0.2, 0.25) is 0 Å². The highest BCUT2D eigenvalue weighted by Gasteiger charge is 2.34. The second-order valence-electron chi connectivity index (χ2n) is 5.28. The first-order valence-electron chi connectivity index (χ1n) is 6.76. The fourth-order valence-electron chi connectivity index (χ4n) is 2.58. The van der Waals surface area contributed by atoms with E-state index in [4.69, 9.17) is 5.11 Å². The van der Waals surface area contributed by atoms with E-state index in [0.29, 0.717) is 5.00 Å². The van der Waals surface area contributed by atoms with Crippen molar-refractivity contribution < 1.29 is 14.7 Å². The number of carboxylic acids is 1. The van der Waals surface area contributed by atoms with E-state index in [1.165, 1.54) is 30.2 Å². The Bertz CT molecular complexity index is 527. The maximum atomic E-state index is 11.9. The molecule has 1 unspecified atom stereocenters. The number of carbonyl (C=O) groups excluding carboxylic acids is 1. The van der Waals surface area contributed by atoms with Crippen LogP contribution in [-0.2, 0) is 0 Å². The van der Waals surface area contributed by atoms with Gasteiger partial charge in [-0.1, -0.05) is 0 Å². The molecule has 2 heterocycles. The van der Waals surface area contributed by atoms with Crippen molar-refractivity contribution in [2.75, 3.05) is 18.4 Å². The minimum atomic E-state index is -1.03. The molecule has 6 nitrogen and oxygen atoms in total. The summed E-state index contributed by atoms with van der Waals surface area (Å²) in [7, 11) is 0. The van der Waals surface area contributed by atoms with E-state index in [9.17, 15) is 9.59 Å². The molecule has 1 atom stereocenters. The number of anilines is 1. The van der Waals surface area contributed by atoms with E-state index < -0.39 is 5.97 Å². The molecule has 2 fully saturated rings. The van der Waals surface area contributed by atoms with Crippen LogP contribution in [0, 0.1) is 0 Å². The Balaban J connectivity index is 1.52. The summed E-state index contributed by atoms with van der Waals surface area (Å²) >= 11 is 1.22. The average Bonchev–Trinajstić information content (AvgIpc) is 2.96. The van der Waals surface area contributed by atoms with Crippen LogP contribution in [0.25, 0.3) is 0 Å². The molecule has 3 rings (SSSR count). The lowest BCUT2D eigenvalue weighted by molar-refractivity contribution is 0.0698. The lowest BCUT2D eigenvalue weighted by Gasteiger charge is -2.16. The molecule has 1 aromatic rings. The molecule has 108 valence electrons. The molecule has 0 radical (unpaired) electrons. The van der Waals surface area contributed by atoms with E-state index in [0.717, 1.165) is 25.6 Å². The van der Waals surface area contributed by atoms with E-state index >= 15 is 0 Å². The van der Waals surface area contributed by atoms with Gasteiger partial charge in [-0.05, 0) is 30.7 Å². The van der Waals surface area contributed by atoms with Crippen LogP contribution in [0.1, 0.15) is 29.6 Å². The molecule has 1 saturated heterocycles. The summed E-state index contributed by atoms with van der Waals surface area (Å²) in [5, 5.41) is 16.6. The van der Waals surface area contributed by atoms with Crippen molar-refractivity contribution in [3.8, 4) is 0 Å². The number of hydrogen-bond acceptors (Lipinski definition) is 4. The third-order valence-corrected chi connectivity index (χ3v) is 4.57. The highest BCUT2D eigenvalue weighted by molar-refractivity contribution is 7.14. The van der Waals surface area contributed by atoms with Crippen LogP contribution in [-0.4, -0.2) is 47.2 Å². The summed E-state index contributed by atoms with van der Waals surface area (Å²) in [5.74, 6) is -1.03. The smallest absolute Gasteiger partial charge is 0.338 e. The number of hydrogen-bond donors (Lipinski definition) is 3. The lowest BCUT2D eigenvalue weighted by atomic mass is 10.3. The van der Waals surface area contributed by atoms with Crippen LogP contribution in [0.3, 0.4) is 0 Å². The number of carbonyl (C=O) groups is 2. The molecular weight excluding hydrogens is 278 g/mol. The van der Waals surface area contributed by atoms with Gasteiger partial charge in [-0.25, -0.2) is 9.59 Å². The van der Waals surface area contributed by atoms with Crippen LogP contribution in [0.2, 0.25) is 0 Å². The highest BCUT2D eigenvalue weighted by atomic mass is 32.1. The number of thiophene rings is 1. The second-order valence-corrected chi connectivity index (χ2v) is 6.19. The van der Waals surface area contributed by atoms with E-state index in [1.807, 2.05) is 0 Å². The molecule has 20 heavy (non-hydrogen) atoms. The Morgan fingerprint density at radius 2 is 2.15 bits per heavy atom. The van der Waals surface area contributed by atoms with Crippen molar-refractivity contribution in [2.45, 2.75) is 31.3 Å². The SMILES string of the molecule is O=C(Nc1sccc1C(=O)O)NC1CCN(C2CC2)C1. The van der Waals surface area contributed by atoms with Gasteiger partial charge >= 0.3 is 12.0 Å². The molecule has 0 spiro atoms. The predicted molar refractivity (Wildman–Crippen MR) is 76.4 cm³/mol. The first-order valence-corrected chi connectivity index (χ1v) is 7.64. The third kappa shape index (κ3) is 2.94. The number of carboxylic acid groups (broad SMARTS) is 1. The summed E-state index contributed by atoms with van der Waals surface area (Å²) in [4.78, 5) is 25.3. The molecule has 0 aromatic carbocycles. The summed E-state index contributed by atoms with van der Waals surface area (Å²) in [6.07, 6.45) is 3.51. The monoisotopic (exact) mass is 295 g/mol. The first-order chi connectivity index (χ1) is 9.63. The Morgan fingerprint density at radius 3 is 2.85 bits per heavy atom. The Kier molecular flexibility index (Phi) is 3.62. The largest absolute Gasteiger partial charge is 0.478 e. The molecular formula is C13H17N3O3S. The fourth-order valence-corrected chi connectivity index (χ4v) is 3.35. The number of rotatable bonds is 4. The van der Waals surface area contributed by atoms with Crippen molar-refractivity contribution in [2.24, 2.45) is 0 Å². The molecule has 7 heteroatoms. The van der Waals surface area contributed by atoms with Crippen LogP contribution in [0.5, 0.6) is 0 Å².